The van der Waals surface area contributed by atoms with Gasteiger partial charge < -0.3 is 14.8 Å². The van der Waals surface area contributed by atoms with E-state index < -0.39 is 34.7 Å². The maximum Gasteiger partial charge on any atom is 0.408 e. The number of carbonyl (C=O) groups is 2. The van der Waals surface area contributed by atoms with Crippen LogP contribution in [0, 0.1) is 10.1 Å². The number of hydrogen-bond donors (Lipinski definition) is 1. The summed E-state index contributed by atoms with van der Waals surface area (Å²) < 4.78 is 10.1. The van der Waals surface area contributed by atoms with Crippen molar-refractivity contribution in [2.75, 3.05) is 0 Å². The van der Waals surface area contributed by atoms with Gasteiger partial charge in [-0.2, -0.15) is 0 Å². The van der Waals surface area contributed by atoms with Crippen molar-refractivity contribution in [3.63, 3.8) is 0 Å². The first-order chi connectivity index (χ1) is 10.7. The first kappa shape index (κ1) is 16.7. The fourth-order valence-corrected chi connectivity index (χ4v) is 2.10. The van der Waals surface area contributed by atoms with E-state index >= 15 is 0 Å². The molecule has 0 unspecified atom stereocenters. The molecule has 1 fully saturated rings. The second-order valence-corrected chi connectivity index (χ2v) is 6.23. The van der Waals surface area contributed by atoms with Gasteiger partial charge in [-0.3, -0.25) is 10.1 Å². The van der Waals surface area contributed by atoms with Gasteiger partial charge >= 0.3 is 12.1 Å². The maximum absolute atomic E-state index is 11.7. The van der Waals surface area contributed by atoms with Crippen molar-refractivity contribution in [3.8, 4) is 0 Å². The van der Waals surface area contributed by atoms with Gasteiger partial charge in [-0.25, -0.2) is 9.59 Å². The number of nitro groups is 1. The van der Waals surface area contributed by atoms with Crippen LogP contribution in [0.2, 0.25) is 0 Å². The van der Waals surface area contributed by atoms with Crippen molar-refractivity contribution in [1.29, 1.82) is 0 Å². The molecule has 0 spiro atoms. The van der Waals surface area contributed by atoms with Crippen LogP contribution in [0.3, 0.4) is 0 Å². The number of cyclic esters (lactones) is 1. The van der Waals surface area contributed by atoms with Crippen molar-refractivity contribution in [1.82, 2.24) is 5.32 Å². The van der Waals surface area contributed by atoms with E-state index in [0.29, 0.717) is 6.42 Å². The summed E-state index contributed by atoms with van der Waals surface area (Å²) in [6.07, 6.45) is -0.853. The van der Waals surface area contributed by atoms with Gasteiger partial charge in [0.25, 0.3) is 5.69 Å². The zero-order valence-corrected chi connectivity index (χ0v) is 13.1. The summed E-state index contributed by atoms with van der Waals surface area (Å²) in [4.78, 5) is 33.3. The summed E-state index contributed by atoms with van der Waals surface area (Å²) in [5.41, 5.74) is 0.0952. The first-order valence-corrected chi connectivity index (χ1v) is 7.09. The third-order valence-corrected chi connectivity index (χ3v) is 3.15. The quantitative estimate of drug-likeness (QED) is 0.516. The number of carbonyl (C=O) groups excluding carboxylic acids is 2. The van der Waals surface area contributed by atoms with Crippen molar-refractivity contribution in [2.45, 2.75) is 44.9 Å². The third-order valence-electron chi connectivity index (χ3n) is 3.15. The Balaban J connectivity index is 1.94. The molecule has 1 saturated heterocycles. The molecule has 8 nitrogen and oxygen atoms in total. The van der Waals surface area contributed by atoms with Crippen LogP contribution in [-0.4, -0.2) is 34.7 Å². The molecule has 2 atom stereocenters. The Morgan fingerprint density at radius 3 is 2.43 bits per heavy atom. The Morgan fingerprint density at radius 2 is 1.96 bits per heavy atom. The molecule has 1 aromatic rings. The number of hydrogen-bond acceptors (Lipinski definition) is 6. The van der Waals surface area contributed by atoms with E-state index in [1.54, 1.807) is 32.9 Å². The van der Waals surface area contributed by atoms with Crippen LogP contribution in [-0.2, 0) is 20.7 Å². The normalized spacial score (nSPS) is 20.2. The molecule has 1 amide bonds. The summed E-state index contributed by atoms with van der Waals surface area (Å²) in [6, 6.07) is 5.17. The van der Waals surface area contributed by atoms with E-state index in [2.05, 4.69) is 5.32 Å². The Morgan fingerprint density at radius 1 is 1.35 bits per heavy atom. The zero-order valence-electron chi connectivity index (χ0n) is 13.1. The number of nitrogens with zero attached hydrogens (tertiary/aromatic N) is 1. The highest BCUT2D eigenvalue weighted by Gasteiger charge is 2.44. The molecule has 0 aromatic heterocycles. The van der Waals surface area contributed by atoms with Gasteiger partial charge in [-0.1, -0.05) is 12.1 Å². The van der Waals surface area contributed by atoms with Crippen molar-refractivity contribution >= 4 is 17.7 Å². The number of amides is 1. The fourth-order valence-electron chi connectivity index (χ4n) is 2.10. The molecular weight excluding hydrogens is 304 g/mol. The lowest BCUT2D eigenvalue weighted by molar-refractivity contribution is -0.384. The lowest BCUT2D eigenvalue weighted by Gasteiger charge is -2.35. The first-order valence-electron chi connectivity index (χ1n) is 7.09. The molecule has 1 aliphatic rings. The van der Waals surface area contributed by atoms with Crippen LogP contribution in [0.5, 0.6) is 0 Å². The molecule has 8 heteroatoms. The molecule has 0 aliphatic carbocycles. The largest absolute Gasteiger partial charge is 0.458 e. The number of non-ortho nitro benzene ring substituents is 1. The van der Waals surface area contributed by atoms with Gasteiger partial charge in [-0.05, 0) is 26.3 Å². The number of alkyl carbamates (subject to hydrolysis) is 1. The molecule has 1 N–H and O–H groups in total. The van der Waals surface area contributed by atoms with Gasteiger partial charge in [-0.15, -0.1) is 0 Å². The van der Waals surface area contributed by atoms with E-state index in [0.717, 1.165) is 5.56 Å². The Kier molecular flexibility index (Phi) is 4.53. The maximum atomic E-state index is 11.7. The van der Waals surface area contributed by atoms with Gasteiger partial charge in [0.1, 0.15) is 11.7 Å². The van der Waals surface area contributed by atoms with Crippen molar-refractivity contribution < 1.29 is 24.0 Å². The number of esters is 1. The SMILES string of the molecule is CC(C)(C)OC(=O)N[C@@H]1C(=O)O[C@@H]1Cc1ccc([N+](=O)[O-])cc1. The summed E-state index contributed by atoms with van der Waals surface area (Å²) in [7, 11) is 0. The smallest absolute Gasteiger partial charge is 0.408 e. The zero-order chi connectivity index (χ0) is 17.2. The average molecular weight is 322 g/mol. The number of ether oxygens (including phenoxy) is 2. The minimum absolute atomic E-state index is 0.0113. The molecular formula is C15H18N2O6. The molecule has 1 aliphatic heterocycles. The molecule has 0 saturated carbocycles. The highest BCUT2D eigenvalue weighted by atomic mass is 16.6. The standard InChI is InChI=1S/C15H18N2O6/c1-15(2,3)23-14(19)16-12-11(22-13(12)18)8-9-4-6-10(7-5-9)17(20)21/h4-7,11-12H,8H2,1-3H3,(H,16,19)/t11-,12+/m1/s1. The predicted molar refractivity (Wildman–Crippen MR) is 79.8 cm³/mol. The summed E-state index contributed by atoms with van der Waals surface area (Å²) in [5, 5.41) is 13.1. The Labute approximate surface area is 132 Å². The predicted octanol–water partition coefficient (Wildman–Crippen LogP) is 1.96. The number of benzene rings is 1. The lowest BCUT2D eigenvalue weighted by atomic mass is 9.97. The van der Waals surface area contributed by atoms with Crippen molar-refractivity contribution in [2.24, 2.45) is 0 Å². The highest BCUT2D eigenvalue weighted by molar-refractivity contribution is 5.86. The molecule has 23 heavy (non-hydrogen) atoms. The minimum atomic E-state index is -0.778. The van der Waals surface area contributed by atoms with Crippen LogP contribution in [0.1, 0.15) is 26.3 Å². The molecule has 0 bridgehead atoms. The summed E-state index contributed by atoms with van der Waals surface area (Å²) in [6.45, 7) is 5.17. The van der Waals surface area contributed by atoms with Crippen LogP contribution in [0.25, 0.3) is 0 Å². The molecule has 0 radical (unpaired) electrons. The van der Waals surface area contributed by atoms with Gasteiger partial charge in [0.05, 0.1) is 4.92 Å². The van der Waals surface area contributed by atoms with Crippen LogP contribution in [0.4, 0.5) is 10.5 Å². The number of nitro benzene ring substituents is 1. The van der Waals surface area contributed by atoms with Crippen LogP contribution in [0.15, 0.2) is 24.3 Å². The van der Waals surface area contributed by atoms with E-state index in [9.17, 15) is 19.7 Å². The van der Waals surface area contributed by atoms with E-state index in [4.69, 9.17) is 9.47 Å². The number of nitrogens with one attached hydrogen (secondary N) is 1. The second kappa shape index (κ2) is 6.23. The minimum Gasteiger partial charge on any atom is -0.458 e. The molecule has 2 rings (SSSR count). The van der Waals surface area contributed by atoms with E-state index in [1.807, 2.05) is 0 Å². The lowest BCUT2D eigenvalue weighted by Crippen LogP contribution is -2.61. The van der Waals surface area contributed by atoms with Crippen molar-refractivity contribution in [3.05, 3.63) is 39.9 Å². The van der Waals surface area contributed by atoms with Crippen LogP contribution >= 0.6 is 0 Å². The monoisotopic (exact) mass is 322 g/mol. The Hall–Kier alpha value is -2.64. The van der Waals surface area contributed by atoms with Gasteiger partial charge in [0, 0.05) is 18.6 Å². The molecule has 1 aromatic carbocycles. The van der Waals surface area contributed by atoms with Gasteiger partial charge in [0.2, 0.25) is 0 Å². The van der Waals surface area contributed by atoms with E-state index in [-0.39, 0.29) is 5.69 Å². The fraction of sp³-hybridized carbons (Fsp3) is 0.467. The summed E-state index contributed by atoms with van der Waals surface area (Å²) >= 11 is 0. The average Bonchev–Trinajstić information content (AvgIpc) is 2.43. The number of rotatable bonds is 4. The van der Waals surface area contributed by atoms with E-state index in [1.165, 1.54) is 12.1 Å². The topological polar surface area (TPSA) is 108 Å². The highest BCUT2D eigenvalue weighted by Crippen LogP contribution is 2.22. The summed E-state index contributed by atoms with van der Waals surface area (Å²) in [5.74, 6) is -0.525. The molecule has 124 valence electrons. The molecule has 1 heterocycles. The van der Waals surface area contributed by atoms with Crippen LogP contribution < -0.4 is 5.32 Å². The Bertz CT molecular complexity index is 620. The van der Waals surface area contributed by atoms with Gasteiger partial charge in [0.15, 0.2) is 6.04 Å². The second-order valence-electron chi connectivity index (χ2n) is 6.23. The third kappa shape index (κ3) is 4.41.